The zero-order valence-electron chi connectivity index (χ0n) is 11.0. The van der Waals surface area contributed by atoms with Gasteiger partial charge in [0, 0.05) is 18.2 Å². The minimum absolute atomic E-state index is 0.525. The van der Waals surface area contributed by atoms with Gasteiger partial charge in [-0.2, -0.15) is 0 Å². The molecule has 0 aliphatic heterocycles. The number of benzene rings is 2. The molecule has 3 nitrogen and oxygen atoms in total. The maximum Gasteiger partial charge on any atom is 0.135 e. The van der Waals surface area contributed by atoms with E-state index in [1.54, 1.807) is 6.20 Å². The number of hydrogen-bond acceptors (Lipinski definition) is 3. The number of nitrogens with two attached hydrogens (primary N) is 1. The van der Waals surface area contributed by atoms with Crippen molar-refractivity contribution in [2.24, 2.45) is 0 Å². The molecule has 1 aromatic heterocycles. The van der Waals surface area contributed by atoms with Gasteiger partial charge in [-0.05, 0) is 11.1 Å². The van der Waals surface area contributed by atoms with Crippen LogP contribution in [-0.2, 0) is 6.42 Å². The SMILES string of the molecule is Nc1nc(Cc2ccccc2)ncc1-c1ccccc1. The molecule has 2 aromatic carbocycles. The average molecular weight is 261 g/mol. The maximum absolute atomic E-state index is 6.06. The number of rotatable bonds is 3. The predicted molar refractivity (Wildman–Crippen MR) is 81.1 cm³/mol. The predicted octanol–water partition coefficient (Wildman–Crippen LogP) is 3.32. The van der Waals surface area contributed by atoms with E-state index in [2.05, 4.69) is 22.1 Å². The Hall–Kier alpha value is -2.68. The van der Waals surface area contributed by atoms with Crippen LogP contribution in [-0.4, -0.2) is 9.97 Å². The Labute approximate surface area is 118 Å². The van der Waals surface area contributed by atoms with Crippen molar-refractivity contribution >= 4 is 5.82 Å². The van der Waals surface area contributed by atoms with E-state index in [0.717, 1.165) is 17.0 Å². The highest BCUT2D eigenvalue weighted by molar-refractivity contribution is 5.72. The molecule has 0 aliphatic carbocycles. The van der Waals surface area contributed by atoms with Gasteiger partial charge < -0.3 is 5.73 Å². The summed E-state index contributed by atoms with van der Waals surface area (Å²) in [6.45, 7) is 0. The Balaban J connectivity index is 1.88. The lowest BCUT2D eigenvalue weighted by molar-refractivity contribution is 0.976. The van der Waals surface area contributed by atoms with E-state index in [0.29, 0.717) is 12.2 Å². The zero-order valence-corrected chi connectivity index (χ0v) is 11.0. The van der Waals surface area contributed by atoms with Crippen LogP contribution >= 0.6 is 0 Å². The summed E-state index contributed by atoms with van der Waals surface area (Å²) in [4.78, 5) is 8.83. The van der Waals surface area contributed by atoms with Crippen molar-refractivity contribution in [1.82, 2.24) is 9.97 Å². The monoisotopic (exact) mass is 261 g/mol. The van der Waals surface area contributed by atoms with Gasteiger partial charge in [0.2, 0.25) is 0 Å². The first-order valence-corrected chi connectivity index (χ1v) is 6.53. The van der Waals surface area contributed by atoms with Gasteiger partial charge >= 0.3 is 0 Å². The highest BCUT2D eigenvalue weighted by Crippen LogP contribution is 2.23. The van der Waals surface area contributed by atoms with Gasteiger partial charge in [0.1, 0.15) is 11.6 Å². The van der Waals surface area contributed by atoms with Crippen LogP contribution in [0.4, 0.5) is 5.82 Å². The van der Waals surface area contributed by atoms with Crippen molar-refractivity contribution in [2.45, 2.75) is 6.42 Å². The molecule has 0 saturated carbocycles. The molecule has 3 aromatic rings. The molecule has 2 N–H and O–H groups in total. The Morgan fingerprint density at radius 2 is 1.50 bits per heavy atom. The summed E-state index contributed by atoms with van der Waals surface area (Å²) in [6, 6.07) is 20.1. The topological polar surface area (TPSA) is 51.8 Å². The third kappa shape index (κ3) is 2.67. The molecule has 0 bridgehead atoms. The van der Waals surface area contributed by atoms with Crippen LogP contribution in [0.1, 0.15) is 11.4 Å². The van der Waals surface area contributed by atoms with E-state index in [1.165, 1.54) is 5.56 Å². The molecular formula is C17H15N3. The standard InChI is InChI=1S/C17H15N3/c18-17-15(14-9-5-2-6-10-14)12-19-16(20-17)11-13-7-3-1-4-8-13/h1-10,12H,11H2,(H2,18,19,20). The molecule has 3 heteroatoms. The quantitative estimate of drug-likeness (QED) is 0.787. The smallest absolute Gasteiger partial charge is 0.135 e. The van der Waals surface area contributed by atoms with E-state index in [-0.39, 0.29) is 0 Å². The fourth-order valence-electron chi connectivity index (χ4n) is 2.14. The van der Waals surface area contributed by atoms with Gasteiger partial charge in [-0.3, -0.25) is 0 Å². The number of nitrogens with zero attached hydrogens (tertiary/aromatic N) is 2. The number of anilines is 1. The van der Waals surface area contributed by atoms with E-state index in [1.807, 2.05) is 48.5 Å². The summed E-state index contributed by atoms with van der Waals surface area (Å²) in [7, 11) is 0. The van der Waals surface area contributed by atoms with Gasteiger partial charge in [-0.25, -0.2) is 9.97 Å². The molecular weight excluding hydrogens is 246 g/mol. The van der Waals surface area contributed by atoms with Gasteiger partial charge in [0.15, 0.2) is 0 Å². The second-order valence-electron chi connectivity index (χ2n) is 4.61. The Morgan fingerprint density at radius 3 is 2.15 bits per heavy atom. The van der Waals surface area contributed by atoms with E-state index < -0.39 is 0 Å². The average Bonchev–Trinajstić information content (AvgIpc) is 2.49. The molecule has 98 valence electrons. The summed E-state index contributed by atoms with van der Waals surface area (Å²) in [6.07, 6.45) is 2.50. The normalized spacial score (nSPS) is 10.4. The molecule has 0 radical (unpaired) electrons. The van der Waals surface area contributed by atoms with Crippen LogP contribution in [0.3, 0.4) is 0 Å². The van der Waals surface area contributed by atoms with Crippen molar-refractivity contribution in [3.05, 3.63) is 78.2 Å². The van der Waals surface area contributed by atoms with Gasteiger partial charge in [0.05, 0.1) is 0 Å². The summed E-state index contributed by atoms with van der Waals surface area (Å²) >= 11 is 0. The molecule has 0 spiro atoms. The third-order valence-electron chi connectivity index (χ3n) is 3.16. The summed E-state index contributed by atoms with van der Waals surface area (Å²) in [5, 5.41) is 0. The second kappa shape index (κ2) is 5.53. The Bertz CT molecular complexity index is 694. The van der Waals surface area contributed by atoms with Gasteiger partial charge in [0.25, 0.3) is 0 Å². The first-order chi connectivity index (χ1) is 9.83. The van der Waals surface area contributed by atoms with Gasteiger partial charge in [-0.15, -0.1) is 0 Å². The zero-order chi connectivity index (χ0) is 13.8. The highest BCUT2D eigenvalue weighted by Gasteiger charge is 2.06. The van der Waals surface area contributed by atoms with E-state index in [4.69, 9.17) is 5.73 Å². The Kier molecular flexibility index (Phi) is 3.42. The summed E-state index contributed by atoms with van der Waals surface area (Å²) < 4.78 is 0. The first kappa shape index (κ1) is 12.4. The third-order valence-corrected chi connectivity index (χ3v) is 3.16. The lowest BCUT2D eigenvalue weighted by Gasteiger charge is -2.07. The maximum atomic E-state index is 6.06. The minimum atomic E-state index is 0.525. The van der Waals surface area contributed by atoms with Crippen LogP contribution in [0, 0.1) is 0 Å². The molecule has 0 aliphatic rings. The minimum Gasteiger partial charge on any atom is -0.383 e. The van der Waals surface area contributed by atoms with Crippen molar-refractivity contribution < 1.29 is 0 Å². The van der Waals surface area contributed by atoms with Crippen LogP contribution in [0.5, 0.6) is 0 Å². The van der Waals surface area contributed by atoms with Crippen molar-refractivity contribution in [2.75, 3.05) is 5.73 Å². The van der Waals surface area contributed by atoms with Crippen LogP contribution < -0.4 is 5.73 Å². The van der Waals surface area contributed by atoms with Gasteiger partial charge in [-0.1, -0.05) is 60.7 Å². The largest absolute Gasteiger partial charge is 0.383 e. The molecule has 1 heterocycles. The molecule has 0 amide bonds. The fourth-order valence-corrected chi connectivity index (χ4v) is 2.14. The highest BCUT2D eigenvalue weighted by atomic mass is 14.9. The van der Waals surface area contributed by atoms with Crippen LogP contribution in [0.15, 0.2) is 66.9 Å². The van der Waals surface area contributed by atoms with Crippen molar-refractivity contribution in [3.8, 4) is 11.1 Å². The van der Waals surface area contributed by atoms with E-state index >= 15 is 0 Å². The number of aromatic nitrogens is 2. The summed E-state index contributed by atoms with van der Waals surface area (Å²) in [5.41, 5.74) is 9.15. The molecule has 0 saturated heterocycles. The van der Waals surface area contributed by atoms with Crippen molar-refractivity contribution in [3.63, 3.8) is 0 Å². The number of hydrogen-bond donors (Lipinski definition) is 1. The molecule has 0 unspecified atom stereocenters. The fraction of sp³-hybridized carbons (Fsp3) is 0.0588. The first-order valence-electron chi connectivity index (χ1n) is 6.53. The van der Waals surface area contributed by atoms with E-state index in [9.17, 15) is 0 Å². The molecule has 0 atom stereocenters. The van der Waals surface area contributed by atoms with Crippen LogP contribution in [0.25, 0.3) is 11.1 Å². The van der Waals surface area contributed by atoms with Crippen molar-refractivity contribution in [1.29, 1.82) is 0 Å². The molecule has 20 heavy (non-hydrogen) atoms. The number of nitrogen functional groups attached to an aromatic ring is 1. The summed E-state index contributed by atoms with van der Waals surface area (Å²) in [5.74, 6) is 1.27. The Morgan fingerprint density at radius 1 is 0.850 bits per heavy atom. The molecule has 0 fully saturated rings. The molecule has 3 rings (SSSR count). The van der Waals surface area contributed by atoms with Crippen LogP contribution in [0.2, 0.25) is 0 Å². The second-order valence-corrected chi connectivity index (χ2v) is 4.61. The lowest BCUT2D eigenvalue weighted by atomic mass is 10.1. The lowest BCUT2D eigenvalue weighted by Crippen LogP contribution is -2.02.